The molecule has 2 aliphatic heterocycles. The highest BCUT2D eigenvalue weighted by molar-refractivity contribution is 8.00. The lowest BCUT2D eigenvalue weighted by atomic mass is 9.92. The van der Waals surface area contributed by atoms with Crippen molar-refractivity contribution in [2.45, 2.75) is 139 Å². The summed E-state index contributed by atoms with van der Waals surface area (Å²) >= 11 is 1.83. The lowest BCUT2D eigenvalue weighted by Crippen LogP contribution is -2.55. The fourth-order valence-corrected chi connectivity index (χ4v) is 8.67. The van der Waals surface area contributed by atoms with Crippen LogP contribution in [0.5, 0.6) is 0 Å². The summed E-state index contributed by atoms with van der Waals surface area (Å²) in [6, 6.07) is -3.43. The SMILES string of the molecule is CC(C)CC(CC(=O)NO)C(=O)N[C@@H](CCCCN)C(=O)N[C@@H](CCC(N)=O)C(=O)NCC(=O)NCC(=O)N[C@@H](CCCCNC(=O)CCCC[C@@H]1SC[C@@H]2NC(=O)N[C@@H]21)C(N)=O. The van der Waals surface area contributed by atoms with E-state index in [4.69, 9.17) is 22.4 Å². The highest BCUT2D eigenvalue weighted by Crippen LogP contribution is 2.33. The molecule has 1 unspecified atom stereocenters. The van der Waals surface area contributed by atoms with Gasteiger partial charge in [-0.05, 0) is 76.7 Å². The molecule has 356 valence electrons. The Morgan fingerprint density at radius 3 is 2.05 bits per heavy atom. The summed E-state index contributed by atoms with van der Waals surface area (Å²) in [5.74, 6) is -6.27. The summed E-state index contributed by atoms with van der Waals surface area (Å²) in [4.78, 5) is 124. The van der Waals surface area contributed by atoms with Crippen molar-refractivity contribution in [1.82, 2.24) is 48.0 Å². The van der Waals surface area contributed by atoms with Gasteiger partial charge in [0.25, 0.3) is 0 Å². The zero-order valence-corrected chi connectivity index (χ0v) is 37.0. The molecule has 2 fully saturated rings. The number of hydrogen-bond donors (Lipinski definition) is 13. The molecule has 0 saturated carbocycles. The zero-order valence-electron chi connectivity index (χ0n) is 36.2. The zero-order chi connectivity index (χ0) is 46.9. The second-order valence-electron chi connectivity index (χ2n) is 16.2. The number of nitrogens with two attached hydrogens (primary N) is 3. The molecular formula is C39H68N12O11S. The number of carbonyl (C=O) groups excluding carboxylic acids is 10. The Bertz CT molecular complexity index is 1590. The van der Waals surface area contributed by atoms with E-state index in [2.05, 4.69) is 42.5 Å². The Balaban J connectivity index is 1.79. The Hall–Kier alpha value is -5.23. The molecule has 0 aliphatic carbocycles. The van der Waals surface area contributed by atoms with Crippen molar-refractivity contribution in [2.24, 2.45) is 29.0 Å². The first-order valence-electron chi connectivity index (χ1n) is 21.5. The molecule has 0 aromatic heterocycles. The van der Waals surface area contributed by atoms with E-state index in [-0.39, 0.29) is 68.5 Å². The number of hydrogen-bond acceptors (Lipinski definition) is 13. The molecule has 2 aliphatic rings. The van der Waals surface area contributed by atoms with Gasteiger partial charge in [0.2, 0.25) is 53.2 Å². The number of thioether (sulfide) groups is 1. The maximum Gasteiger partial charge on any atom is 0.315 e. The number of carbonyl (C=O) groups is 10. The molecule has 0 bridgehead atoms. The van der Waals surface area contributed by atoms with Gasteiger partial charge in [0.1, 0.15) is 18.1 Å². The van der Waals surface area contributed by atoms with E-state index in [9.17, 15) is 47.9 Å². The van der Waals surface area contributed by atoms with Crippen LogP contribution >= 0.6 is 11.8 Å². The number of amides is 11. The molecule has 2 rings (SSSR count). The number of hydroxylamine groups is 1. The minimum Gasteiger partial charge on any atom is -0.370 e. The topological polar surface area (TPSA) is 377 Å². The molecule has 63 heavy (non-hydrogen) atoms. The predicted molar refractivity (Wildman–Crippen MR) is 231 cm³/mol. The lowest BCUT2D eigenvalue weighted by molar-refractivity contribution is -0.137. The number of nitrogens with one attached hydrogen (secondary N) is 9. The van der Waals surface area contributed by atoms with Crippen LogP contribution in [0.3, 0.4) is 0 Å². The number of urea groups is 1. The van der Waals surface area contributed by atoms with Gasteiger partial charge < -0.3 is 59.7 Å². The fraction of sp³-hybridized carbons (Fsp3) is 0.744. The third-order valence-corrected chi connectivity index (χ3v) is 12.0. The quantitative estimate of drug-likeness (QED) is 0.0140. The Kier molecular flexibility index (Phi) is 25.0. The average molecular weight is 913 g/mol. The molecule has 24 heteroatoms. The minimum absolute atomic E-state index is 0.0129. The molecule has 0 radical (unpaired) electrons. The molecule has 23 nitrogen and oxygen atoms in total. The van der Waals surface area contributed by atoms with Crippen molar-refractivity contribution in [1.29, 1.82) is 0 Å². The van der Waals surface area contributed by atoms with Gasteiger partial charge in [-0.25, -0.2) is 10.3 Å². The third-order valence-electron chi connectivity index (χ3n) is 10.4. The second kappa shape index (κ2) is 29.2. The molecule has 11 amide bonds. The summed E-state index contributed by atoms with van der Waals surface area (Å²) in [5.41, 5.74) is 17.9. The van der Waals surface area contributed by atoms with Crippen LogP contribution < -0.4 is 65.2 Å². The van der Waals surface area contributed by atoms with Crippen LogP contribution in [0.1, 0.15) is 104 Å². The maximum atomic E-state index is 13.5. The van der Waals surface area contributed by atoms with E-state index < -0.39 is 84.4 Å². The van der Waals surface area contributed by atoms with Gasteiger partial charge in [0.15, 0.2) is 0 Å². The van der Waals surface area contributed by atoms with Gasteiger partial charge in [-0.3, -0.25) is 48.4 Å². The first-order valence-corrected chi connectivity index (χ1v) is 22.6. The molecular weight excluding hydrogens is 845 g/mol. The van der Waals surface area contributed by atoms with Crippen molar-refractivity contribution < 1.29 is 53.2 Å². The van der Waals surface area contributed by atoms with E-state index >= 15 is 0 Å². The first kappa shape index (κ1) is 53.9. The Morgan fingerprint density at radius 1 is 0.714 bits per heavy atom. The lowest BCUT2D eigenvalue weighted by Gasteiger charge is -2.25. The van der Waals surface area contributed by atoms with Gasteiger partial charge in [0, 0.05) is 42.7 Å². The molecule has 16 N–H and O–H groups in total. The van der Waals surface area contributed by atoms with Gasteiger partial charge in [-0.2, -0.15) is 11.8 Å². The van der Waals surface area contributed by atoms with Crippen molar-refractivity contribution in [3.63, 3.8) is 0 Å². The molecule has 2 saturated heterocycles. The molecule has 7 atom stereocenters. The summed E-state index contributed by atoms with van der Waals surface area (Å²) in [6.45, 7) is 3.14. The number of primary amides is 2. The second-order valence-corrected chi connectivity index (χ2v) is 17.5. The van der Waals surface area contributed by atoms with Crippen LogP contribution in [0.15, 0.2) is 0 Å². The first-order chi connectivity index (χ1) is 29.9. The summed E-state index contributed by atoms with van der Waals surface area (Å²) in [7, 11) is 0. The monoisotopic (exact) mass is 912 g/mol. The normalized spacial score (nSPS) is 18.3. The molecule has 0 aromatic carbocycles. The van der Waals surface area contributed by atoms with Crippen LogP contribution in [0.4, 0.5) is 4.79 Å². The maximum absolute atomic E-state index is 13.5. The smallest absolute Gasteiger partial charge is 0.315 e. The van der Waals surface area contributed by atoms with E-state index in [0.29, 0.717) is 56.9 Å². The third kappa shape index (κ3) is 21.6. The average Bonchev–Trinajstić information content (AvgIpc) is 3.79. The van der Waals surface area contributed by atoms with Gasteiger partial charge in [-0.15, -0.1) is 0 Å². The predicted octanol–water partition coefficient (Wildman–Crippen LogP) is -2.88. The summed E-state index contributed by atoms with van der Waals surface area (Å²) in [5, 5.41) is 30.3. The Labute approximate surface area is 371 Å². The van der Waals surface area contributed by atoms with Crippen molar-refractivity contribution in [3.05, 3.63) is 0 Å². The van der Waals surface area contributed by atoms with Crippen LogP contribution in [-0.2, 0) is 43.2 Å². The van der Waals surface area contributed by atoms with E-state index in [0.717, 1.165) is 18.6 Å². The fourth-order valence-electron chi connectivity index (χ4n) is 7.13. The standard InChI is InChI=1S/C39H68N12O11S/c1-22(2)17-23(18-31(54)51-62)36(58)47-25(10-5-7-15-40)38(60)48-26(13-14-29(41)52)37(59)45-19-32(55)44-20-33(56)46-24(35(42)57)9-6-8-16-43-30(53)12-4-3-11-28-34-27(21-63-28)49-39(61)50-34/h22-28,34,62H,3-21,40H2,1-2H3,(H2,41,52)(H2,42,57)(H,43,53)(H,44,55)(H,45,59)(H,46,56)(H,47,58)(H,48,60)(H,51,54)(H2,49,50,61)/t23?,24-,25-,26-,27-,28-,34-/m0/s1. The van der Waals surface area contributed by atoms with E-state index in [1.54, 1.807) is 0 Å². The highest BCUT2D eigenvalue weighted by Gasteiger charge is 2.42. The van der Waals surface area contributed by atoms with Crippen molar-refractivity contribution in [3.8, 4) is 0 Å². The van der Waals surface area contributed by atoms with Crippen molar-refractivity contribution in [2.75, 3.05) is 31.9 Å². The Morgan fingerprint density at radius 2 is 1.38 bits per heavy atom. The van der Waals surface area contributed by atoms with Gasteiger partial charge in [-0.1, -0.05) is 20.3 Å². The van der Waals surface area contributed by atoms with E-state index in [1.165, 1.54) is 5.48 Å². The molecule has 2 heterocycles. The highest BCUT2D eigenvalue weighted by atomic mass is 32.2. The van der Waals surface area contributed by atoms with Gasteiger partial charge in [0.05, 0.1) is 25.2 Å². The van der Waals surface area contributed by atoms with Crippen LogP contribution in [0.25, 0.3) is 0 Å². The molecule has 0 aromatic rings. The van der Waals surface area contributed by atoms with Crippen LogP contribution in [0.2, 0.25) is 0 Å². The summed E-state index contributed by atoms with van der Waals surface area (Å²) < 4.78 is 0. The van der Waals surface area contributed by atoms with Crippen LogP contribution in [-0.4, -0.2) is 132 Å². The van der Waals surface area contributed by atoms with Gasteiger partial charge >= 0.3 is 6.03 Å². The number of fused-ring (bicyclic) bond motifs is 1. The molecule has 0 spiro atoms. The number of rotatable bonds is 32. The summed E-state index contributed by atoms with van der Waals surface area (Å²) in [6.07, 6.45) is 4.39. The largest absolute Gasteiger partial charge is 0.370 e. The van der Waals surface area contributed by atoms with E-state index in [1.807, 2.05) is 25.6 Å². The van der Waals surface area contributed by atoms with Crippen molar-refractivity contribution >= 4 is 71.0 Å². The minimum atomic E-state index is -1.37. The van der Waals surface area contributed by atoms with Crippen LogP contribution in [0, 0.1) is 11.8 Å². The number of unbranched alkanes of at least 4 members (excludes halogenated alkanes) is 3.